The highest BCUT2D eigenvalue weighted by Crippen LogP contribution is 2.22. The molecule has 1 aromatic heterocycles. The maximum atomic E-state index is 11.1. The lowest BCUT2D eigenvalue weighted by atomic mass is 10.1. The van der Waals surface area contributed by atoms with Crippen LogP contribution in [0.3, 0.4) is 0 Å². The summed E-state index contributed by atoms with van der Waals surface area (Å²) in [6, 6.07) is 12.4. The normalized spacial score (nSPS) is 10.7. The molecule has 0 saturated carbocycles. The third-order valence-electron chi connectivity index (χ3n) is 3.24. The highest BCUT2D eigenvalue weighted by Gasteiger charge is 2.12. The summed E-state index contributed by atoms with van der Waals surface area (Å²) >= 11 is 0. The number of benzene rings is 2. The van der Waals surface area contributed by atoms with Gasteiger partial charge in [0, 0.05) is 23.2 Å². The highest BCUT2D eigenvalue weighted by atomic mass is 16.4. The molecule has 3 aromatic rings. The van der Waals surface area contributed by atoms with Gasteiger partial charge in [0.05, 0.1) is 5.52 Å². The molecule has 0 aliphatic carbocycles. The summed E-state index contributed by atoms with van der Waals surface area (Å²) in [6.45, 7) is 0.443. The van der Waals surface area contributed by atoms with Gasteiger partial charge in [-0.05, 0) is 24.3 Å². The predicted octanol–water partition coefficient (Wildman–Crippen LogP) is 2.58. The van der Waals surface area contributed by atoms with Crippen LogP contribution in [-0.4, -0.2) is 26.4 Å². The number of para-hydroxylation sites is 1. The zero-order valence-electron chi connectivity index (χ0n) is 11.0. The molecule has 0 unspecified atom stereocenters. The summed E-state index contributed by atoms with van der Waals surface area (Å²) in [7, 11) is 0. The highest BCUT2D eigenvalue weighted by molar-refractivity contribution is 6.01. The van der Waals surface area contributed by atoms with Crippen LogP contribution in [0, 0.1) is 0 Å². The van der Waals surface area contributed by atoms with Crippen molar-refractivity contribution in [2.75, 3.05) is 5.32 Å². The second kappa shape index (κ2) is 5.16. The van der Waals surface area contributed by atoms with Crippen molar-refractivity contribution in [1.29, 1.82) is 0 Å². The van der Waals surface area contributed by atoms with Crippen molar-refractivity contribution in [1.82, 2.24) is 10.2 Å². The second-order valence-electron chi connectivity index (χ2n) is 4.62. The van der Waals surface area contributed by atoms with Gasteiger partial charge in [0.25, 0.3) is 0 Å². The van der Waals surface area contributed by atoms with Crippen LogP contribution in [0.1, 0.15) is 16.1 Å². The topological polar surface area (TPSA) is 98.2 Å². The molecule has 0 bridgehead atoms. The summed E-state index contributed by atoms with van der Waals surface area (Å²) in [5.41, 5.74) is 2.19. The van der Waals surface area contributed by atoms with Gasteiger partial charge in [0.15, 0.2) is 5.69 Å². The monoisotopic (exact) mass is 283 g/mol. The first-order valence-electron chi connectivity index (χ1n) is 6.37. The van der Waals surface area contributed by atoms with E-state index >= 15 is 0 Å². The molecule has 0 aliphatic heterocycles. The van der Waals surface area contributed by atoms with Crippen molar-refractivity contribution in [2.45, 2.75) is 6.54 Å². The average Bonchev–Trinajstić information content (AvgIpc) is 2.89. The van der Waals surface area contributed by atoms with E-state index in [4.69, 9.17) is 5.11 Å². The van der Waals surface area contributed by atoms with Crippen LogP contribution >= 0.6 is 0 Å². The number of phenols is 1. The molecule has 106 valence electrons. The third kappa shape index (κ3) is 2.51. The number of aromatic nitrogens is 2. The summed E-state index contributed by atoms with van der Waals surface area (Å²) in [5, 5.41) is 28.9. The fourth-order valence-electron chi connectivity index (χ4n) is 2.14. The van der Waals surface area contributed by atoms with Gasteiger partial charge in [-0.1, -0.05) is 18.2 Å². The lowest BCUT2D eigenvalue weighted by molar-refractivity contribution is 0.0692. The van der Waals surface area contributed by atoms with Gasteiger partial charge in [-0.25, -0.2) is 4.79 Å². The minimum atomic E-state index is -1.07. The molecule has 0 aliphatic rings. The van der Waals surface area contributed by atoms with E-state index in [9.17, 15) is 9.90 Å². The lowest BCUT2D eigenvalue weighted by Crippen LogP contribution is -2.00. The van der Waals surface area contributed by atoms with E-state index < -0.39 is 5.97 Å². The Hall–Kier alpha value is -3.02. The summed E-state index contributed by atoms with van der Waals surface area (Å²) in [6.07, 6.45) is 0. The van der Waals surface area contributed by atoms with E-state index in [0.29, 0.717) is 17.4 Å². The van der Waals surface area contributed by atoms with Crippen molar-refractivity contribution in [3.63, 3.8) is 0 Å². The molecule has 0 atom stereocenters. The number of aromatic carboxylic acids is 1. The number of carbonyl (C=O) groups is 1. The molecular weight excluding hydrogens is 270 g/mol. The number of H-pyrrole nitrogens is 1. The maximum Gasteiger partial charge on any atom is 0.357 e. The predicted molar refractivity (Wildman–Crippen MR) is 78.5 cm³/mol. The van der Waals surface area contributed by atoms with Gasteiger partial charge in [-0.3, -0.25) is 5.10 Å². The van der Waals surface area contributed by atoms with E-state index in [1.54, 1.807) is 24.3 Å². The molecule has 2 aromatic carbocycles. The second-order valence-corrected chi connectivity index (χ2v) is 4.62. The van der Waals surface area contributed by atoms with Crippen LogP contribution in [-0.2, 0) is 6.54 Å². The first-order valence-corrected chi connectivity index (χ1v) is 6.37. The fourth-order valence-corrected chi connectivity index (χ4v) is 2.14. The zero-order chi connectivity index (χ0) is 14.8. The van der Waals surface area contributed by atoms with Crippen molar-refractivity contribution in [3.8, 4) is 5.75 Å². The van der Waals surface area contributed by atoms with Crippen molar-refractivity contribution in [2.24, 2.45) is 0 Å². The molecule has 4 N–H and O–H groups in total. The molecular formula is C15H13N3O3. The van der Waals surface area contributed by atoms with Crippen LogP contribution in [0.15, 0.2) is 42.5 Å². The minimum Gasteiger partial charge on any atom is -0.508 e. The van der Waals surface area contributed by atoms with Gasteiger partial charge in [-0.15, -0.1) is 0 Å². The summed E-state index contributed by atoms with van der Waals surface area (Å²) in [5.74, 6) is -0.847. The summed E-state index contributed by atoms with van der Waals surface area (Å²) < 4.78 is 0. The quantitative estimate of drug-likeness (QED) is 0.590. The number of fused-ring (bicyclic) bond motifs is 1. The van der Waals surface area contributed by atoms with Gasteiger partial charge < -0.3 is 15.5 Å². The Morgan fingerprint density at radius 1 is 1.24 bits per heavy atom. The number of nitrogens with zero attached hydrogens (tertiary/aromatic N) is 1. The Balaban J connectivity index is 1.86. The Bertz CT molecular complexity index is 811. The molecule has 0 radical (unpaired) electrons. The molecule has 1 heterocycles. The number of aromatic hydroxyl groups is 1. The van der Waals surface area contributed by atoms with E-state index in [-0.39, 0.29) is 11.4 Å². The van der Waals surface area contributed by atoms with E-state index in [0.717, 1.165) is 11.3 Å². The van der Waals surface area contributed by atoms with Crippen LogP contribution in [0.5, 0.6) is 5.75 Å². The van der Waals surface area contributed by atoms with Crippen molar-refractivity contribution < 1.29 is 15.0 Å². The molecule has 6 heteroatoms. The van der Waals surface area contributed by atoms with Crippen LogP contribution in [0.2, 0.25) is 0 Å². The first kappa shape index (κ1) is 13.0. The first-order chi connectivity index (χ1) is 10.1. The van der Waals surface area contributed by atoms with Crippen LogP contribution in [0.25, 0.3) is 10.9 Å². The number of anilines is 1. The van der Waals surface area contributed by atoms with Crippen LogP contribution in [0.4, 0.5) is 5.69 Å². The smallest absolute Gasteiger partial charge is 0.357 e. The molecule has 3 rings (SSSR count). The zero-order valence-corrected chi connectivity index (χ0v) is 11.0. The number of carboxylic acids is 1. The Morgan fingerprint density at radius 3 is 2.81 bits per heavy atom. The molecule has 6 nitrogen and oxygen atoms in total. The maximum absolute atomic E-state index is 11.1. The Labute approximate surface area is 120 Å². The van der Waals surface area contributed by atoms with Gasteiger partial charge in [0.2, 0.25) is 0 Å². The number of hydrogen-bond acceptors (Lipinski definition) is 4. The minimum absolute atomic E-state index is 0.00351. The summed E-state index contributed by atoms with van der Waals surface area (Å²) in [4.78, 5) is 11.1. The fraction of sp³-hybridized carbons (Fsp3) is 0.0667. The number of aromatic amines is 1. The largest absolute Gasteiger partial charge is 0.508 e. The molecule has 0 saturated heterocycles. The molecule has 0 spiro atoms. The SMILES string of the molecule is O=C(O)c1n[nH]c2ccc(NCc3ccccc3O)cc12. The van der Waals surface area contributed by atoms with E-state index in [2.05, 4.69) is 15.5 Å². The van der Waals surface area contributed by atoms with E-state index in [1.807, 2.05) is 18.2 Å². The molecule has 0 fully saturated rings. The number of carboxylic acid groups (broad SMARTS) is 1. The van der Waals surface area contributed by atoms with Gasteiger partial charge in [-0.2, -0.15) is 5.10 Å². The van der Waals surface area contributed by atoms with Crippen LogP contribution < -0.4 is 5.32 Å². The van der Waals surface area contributed by atoms with Crippen molar-refractivity contribution in [3.05, 3.63) is 53.7 Å². The molecule has 21 heavy (non-hydrogen) atoms. The third-order valence-corrected chi connectivity index (χ3v) is 3.24. The number of rotatable bonds is 4. The number of nitrogens with one attached hydrogen (secondary N) is 2. The van der Waals surface area contributed by atoms with Gasteiger partial charge >= 0.3 is 5.97 Å². The number of hydrogen-bond donors (Lipinski definition) is 4. The van der Waals surface area contributed by atoms with E-state index in [1.165, 1.54) is 0 Å². The Morgan fingerprint density at radius 2 is 2.05 bits per heavy atom. The molecule has 0 amide bonds. The lowest BCUT2D eigenvalue weighted by Gasteiger charge is -2.08. The number of phenolic OH excluding ortho intramolecular Hbond substituents is 1. The Kier molecular flexibility index (Phi) is 3.19. The standard InChI is InChI=1S/C15H13N3O3/c19-13-4-2-1-3-9(13)8-16-10-5-6-12-11(7-10)14(15(20)21)18-17-12/h1-7,16,19H,8H2,(H,17,18)(H,20,21). The van der Waals surface area contributed by atoms with Crippen molar-refractivity contribution >= 4 is 22.6 Å². The average molecular weight is 283 g/mol. The van der Waals surface area contributed by atoms with Gasteiger partial charge in [0.1, 0.15) is 5.75 Å².